The summed E-state index contributed by atoms with van der Waals surface area (Å²) in [6.45, 7) is 0.318. The highest BCUT2D eigenvalue weighted by Crippen LogP contribution is 2.25. The molecule has 0 spiro atoms. The van der Waals surface area contributed by atoms with E-state index in [0.717, 1.165) is 8.45 Å². The Morgan fingerprint density at radius 2 is 2.17 bits per heavy atom. The molecule has 2 aromatic rings. The summed E-state index contributed by atoms with van der Waals surface area (Å²) in [6.07, 6.45) is 0. The molecule has 18 heavy (non-hydrogen) atoms. The molecule has 0 bridgehead atoms. The summed E-state index contributed by atoms with van der Waals surface area (Å²) in [5.74, 6) is -0.625. The van der Waals surface area contributed by atoms with E-state index < -0.39 is 5.97 Å². The number of hydrogen-bond donors (Lipinski definition) is 1. The number of carbonyl (C=O) groups is 1. The van der Waals surface area contributed by atoms with Crippen molar-refractivity contribution in [2.24, 2.45) is 0 Å². The molecule has 0 saturated heterocycles. The minimum atomic E-state index is -0.993. The van der Waals surface area contributed by atoms with Crippen LogP contribution >= 0.6 is 45.5 Å². The van der Waals surface area contributed by atoms with Gasteiger partial charge in [0.25, 0.3) is 0 Å². The lowest BCUT2D eigenvalue weighted by atomic mass is 10.2. The predicted octanol–water partition coefficient (Wildman–Crippen LogP) is 4.28. The van der Waals surface area contributed by atoms with Crippen LogP contribution in [-0.2, 0) is 6.61 Å². The standard InChI is InChI=1S/C12H8ClIO3S/c13-11-4-2-8(18-11)6-17-10-3-1-7(14)5-9(10)12(15)16/h1-5H,6H2,(H,15,16). The lowest BCUT2D eigenvalue weighted by Gasteiger charge is -2.08. The molecule has 1 aromatic carbocycles. The van der Waals surface area contributed by atoms with Gasteiger partial charge >= 0.3 is 5.97 Å². The molecule has 0 aliphatic rings. The van der Waals surface area contributed by atoms with Gasteiger partial charge in [0.2, 0.25) is 0 Å². The normalized spacial score (nSPS) is 10.3. The van der Waals surface area contributed by atoms with Gasteiger partial charge in [0, 0.05) is 8.45 Å². The van der Waals surface area contributed by atoms with Crippen LogP contribution in [0.3, 0.4) is 0 Å². The van der Waals surface area contributed by atoms with Gasteiger partial charge in [0.05, 0.1) is 4.34 Å². The molecule has 0 aliphatic heterocycles. The molecule has 1 heterocycles. The molecule has 3 nitrogen and oxygen atoms in total. The van der Waals surface area contributed by atoms with Crippen LogP contribution in [0.25, 0.3) is 0 Å². The molecule has 94 valence electrons. The van der Waals surface area contributed by atoms with Gasteiger partial charge in [-0.1, -0.05) is 11.6 Å². The van der Waals surface area contributed by atoms with Crippen LogP contribution in [0.1, 0.15) is 15.2 Å². The molecule has 0 atom stereocenters. The fraction of sp³-hybridized carbons (Fsp3) is 0.0833. The number of aromatic carboxylic acids is 1. The quantitative estimate of drug-likeness (QED) is 0.787. The van der Waals surface area contributed by atoms with Crippen LogP contribution in [0.2, 0.25) is 4.34 Å². The third kappa shape index (κ3) is 3.37. The second kappa shape index (κ2) is 5.90. The second-order valence-corrected chi connectivity index (χ2v) is 6.49. The number of halogens is 2. The van der Waals surface area contributed by atoms with Gasteiger partial charge < -0.3 is 9.84 Å². The van der Waals surface area contributed by atoms with E-state index in [2.05, 4.69) is 22.6 Å². The fourth-order valence-electron chi connectivity index (χ4n) is 1.37. The number of carboxylic acids is 1. The Hall–Kier alpha value is -0.790. The second-order valence-electron chi connectivity index (χ2n) is 3.44. The van der Waals surface area contributed by atoms with Crippen LogP contribution in [-0.4, -0.2) is 11.1 Å². The summed E-state index contributed by atoms with van der Waals surface area (Å²) >= 11 is 9.29. The van der Waals surface area contributed by atoms with Crippen LogP contribution in [0, 0.1) is 3.57 Å². The molecule has 0 amide bonds. The van der Waals surface area contributed by atoms with Crippen LogP contribution in [0.15, 0.2) is 30.3 Å². The fourth-order valence-corrected chi connectivity index (χ4v) is 2.87. The third-order valence-corrected chi connectivity index (χ3v) is 4.05. The Bertz CT molecular complexity index is 582. The van der Waals surface area contributed by atoms with Crippen LogP contribution in [0.5, 0.6) is 5.75 Å². The average molecular weight is 395 g/mol. The number of rotatable bonds is 4. The van der Waals surface area contributed by atoms with E-state index in [1.807, 2.05) is 12.1 Å². The van der Waals surface area contributed by atoms with Crippen molar-refractivity contribution in [1.82, 2.24) is 0 Å². The lowest BCUT2D eigenvalue weighted by Crippen LogP contribution is -2.03. The largest absolute Gasteiger partial charge is 0.487 e. The summed E-state index contributed by atoms with van der Waals surface area (Å²) in [6, 6.07) is 8.71. The number of hydrogen-bond acceptors (Lipinski definition) is 3. The summed E-state index contributed by atoms with van der Waals surface area (Å²) in [4.78, 5) is 12.0. The van der Waals surface area contributed by atoms with Crippen molar-refractivity contribution in [2.45, 2.75) is 6.61 Å². The zero-order chi connectivity index (χ0) is 13.1. The number of benzene rings is 1. The minimum Gasteiger partial charge on any atom is -0.487 e. The van der Waals surface area contributed by atoms with E-state index in [9.17, 15) is 4.79 Å². The SMILES string of the molecule is O=C(O)c1cc(I)ccc1OCc1ccc(Cl)s1. The molecule has 0 unspecified atom stereocenters. The molecule has 1 N–H and O–H groups in total. The summed E-state index contributed by atoms with van der Waals surface area (Å²) in [5, 5.41) is 9.09. The van der Waals surface area contributed by atoms with Gasteiger partial charge in [0.1, 0.15) is 17.9 Å². The molecule has 6 heteroatoms. The first-order valence-corrected chi connectivity index (χ1v) is 7.23. The van der Waals surface area contributed by atoms with Gasteiger partial charge in [-0.15, -0.1) is 11.3 Å². The van der Waals surface area contributed by atoms with Crippen LogP contribution in [0.4, 0.5) is 0 Å². The predicted molar refractivity (Wildman–Crippen MR) is 79.8 cm³/mol. The maximum atomic E-state index is 11.1. The van der Waals surface area contributed by atoms with Crippen molar-refractivity contribution >= 4 is 51.5 Å². The van der Waals surface area contributed by atoms with Gasteiger partial charge in [0.15, 0.2) is 0 Å². The Morgan fingerprint density at radius 3 is 2.78 bits per heavy atom. The van der Waals surface area contributed by atoms with Gasteiger partial charge in [-0.05, 0) is 52.9 Å². The number of ether oxygens (including phenoxy) is 1. The zero-order valence-corrected chi connectivity index (χ0v) is 12.8. The maximum absolute atomic E-state index is 11.1. The molecule has 0 radical (unpaired) electrons. The smallest absolute Gasteiger partial charge is 0.339 e. The zero-order valence-electron chi connectivity index (χ0n) is 9.02. The highest BCUT2D eigenvalue weighted by Gasteiger charge is 2.12. The van der Waals surface area contributed by atoms with E-state index in [1.165, 1.54) is 11.3 Å². The van der Waals surface area contributed by atoms with Gasteiger partial charge in [-0.3, -0.25) is 0 Å². The Morgan fingerprint density at radius 1 is 1.39 bits per heavy atom. The molecule has 0 aliphatic carbocycles. The van der Waals surface area contributed by atoms with E-state index in [-0.39, 0.29) is 5.56 Å². The van der Waals surface area contributed by atoms with E-state index >= 15 is 0 Å². The van der Waals surface area contributed by atoms with Crippen molar-refractivity contribution in [1.29, 1.82) is 0 Å². The first kappa shape index (κ1) is 13.6. The van der Waals surface area contributed by atoms with Crippen molar-refractivity contribution in [3.63, 3.8) is 0 Å². The van der Waals surface area contributed by atoms with Crippen molar-refractivity contribution in [2.75, 3.05) is 0 Å². The Labute approximate surface area is 126 Å². The van der Waals surface area contributed by atoms with Crippen molar-refractivity contribution in [3.8, 4) is 5.75 Å². The molecule has 1 aromatic heterocycles. The highest BCUT2D eigenvalue weighted by atomic mass is 127. The Kier molecular flexibility index (Phi) is 4.47. The average Bonchev–Trinajstić information content (AvgIpc) is 2.73. The third-order valence-electron chi connectivity index (χ3n) is 2.17. The molecule has 0 fully saturated rings. The van der Waals surface area contributed by atoms with E-state index in [1.54, 1.807) is 18.2 Å². The van der Waals surface area contributed by atoms with Crippen molar-refractivity contribution in [3.05, 3.63) is 48.7 Å². The van der Waals surface area contributed by atoms with E-state index in [4.69, 9.17) is 21.4 Å². The summed E-state index contributed by atoms with van der Waals surface area (Å²) in [5.41, 5.74) is 0.171. The van der Waals surface area contributed by atoms with Crippen LogP contribution < -0.4 is 4.74 Å². The lowest BCUT2D eigenvalue weighted by molar-refractivity contribution is 0.0691. The topological polar surface area (TPSA) is 46.5 Å². The summed E-state index contributed by atoms with van der Waals surface area (Å²) in [7, 11) is 0. The van der Waals surface area contributed by atoms with Gasteiger partial charge in [-0.2, -0.15) is 0 Å². The molecular formula is C12H8ClIO3S. The molecule has 0 saturated carbocycles. The first-order valence-electron chi connectivity index (χ1n) is 4.96. The Balaban J connectivity index is 2.16. The molecule has 2 rings (SSSR count). The molecular weight excluding hydrogens is 387 g/mol. The van der Waals surface area contributed by atoms with Gasteiger partial charge in [-0.25, -0.2) is 4.79 Å². The maximum Gasteiger partial charge on any atom is 0.339 e. The number of carboxylic acid groups (broad SMARTS) is 1. The summed E-state index contributed by atoms with van der Waals surface area (Å²) < 4.78 is 7.07. The van der Waals surface area contributed by atoms with Crippen molar-refractivity contribution < 1.29 is 14.6 Å². The number of thiophene rings is 1. The van der Waals surface area contributed by atoms with E-state index in [0.29, 0.717) is 16.7 Å². The first-order chi connectivity index (χ1) is 8.56. The highest BCUT2D eigenvalue weighted by molar-refractivity contribution is 14.1. The monoisotopic (exact) mass is 394 g/mol. The minimum absolute atomic E-state index is 0.171.